The van der Waals surface area contributed by atoms with Gasteiger partial charge in [-0.15, -0.1) is 0 Å². The fraction of sp³-hybridized carbons (Fsp3) is 0. The highest BCUT2D eigenvalue weighted by Gasteiger charge is 2.07. The number of benzene rings is 2. The molecule has 0 unspecified atom stereocenters. The number of halogens is 1. The molecule has 0 amide bonds. The van der Waals surface area contributed by atoms with Crippen LogP contribution in [0.25, 0.3) is 11.0 Å². The minimum atomic E-state index is -0.0450. The normalized spacial score (nSPS) is 10.8. The molecule has 3 aromatic rings. The Balaban J connectivity index is 2.07. The summed E-state index contributed by atoms with van der Waals surface area (Å²) in [6.07, 6.45) is 0. The number of para-hydroxylation sites is 1. The van der Waals surface area contributed by atoms with Crippen LogP contribution in [0.5, 0.6) is 0 Å². The zero-order chi connectivity index (χ0) is 13.2. The second-order valence-electron chi connectivity index (χ2n) is 3.96. The largest absolute Gasteiger partial charge is 0.449 e. The standard InChI is InChI=1S/C15H9ClO2S/c16-11-6-2-4-8-14(11)19-15-9-12(17)10-5-1-3-7-13(10)18-15/h1-9H. The van der Waals surface area contributed by atoms with Crippen molar-refractivity contribution < 1.29 is 4.42 Å². The van der Waals surface area contributed by atoms with Gasteiger partial charge in [0.15, 0.2) is 10.5 Å². The van der Waals surface area contributed by atoms with Crippen molar-refractivity contribution in [3.8, 4) is 0 Å². The zero-order valence-electron chi connectivity index (χ0n) is 9.80. The maximum Gasteiger partial charge on any atom is 0.193 e. The van der Waals surface area contributed by atoms with Crippen molar-refractivity contribution >= 4 is 34.3 Å². The van der Waals surface area contributed by atoms with E-state index in [1.807, 2.05) is 36.4 Å². The van der Waals surface area contributed by atoms with Gasteiger partial charge in [0.2, 0.25) is 0 Å². The van der Waals surface area contributed by atoms with Gasteiger partial charge in [0.05, 0.1) is 10.4 Å². The van der Waals surface area contributed by atoms with E-state index >= 15 is 0 Å². The molecule has 0 N–H and O–H groups in total. The average molecular weight is 289 g/mol. The molecule has 0 aliphatic heterocycles. The molecule has 0 saturated heterocycles. The van der Waals surface area contributed by atoms with E-state index in [-0.39, 0.29) is 5.43 Å². The van der Waals surface area contributed by atoms with Crippen LogP contribution in [0.1, 0.15) is 0 Å². The fourth-order valence-electron chi connectivity index (χ4n) is 1.77. The van der Waals surface area contributed by atoms with E-state index in [4.69, 9.17) is 16.0 Å². The molecule has 94 valence electrons. The van der Waals surface area contributed by atoms with Crippen molar-refractivity contribution in [2.24, 2.45) is 0 Å². The summed E-state index contributed by atoms with van der Waals surface area (Å²) in [5, 5.41) is 1.77. The van der Waals surface area contributed by atoms with Gasteiger partial charge in [0, 0.05) is 11.0 Å². The lowest BCUT2D eigenvalue weighted by Crippen LogP contribution is -1.99. The van der Waals surface area contributed by atoms with Crippen molar-refractivity contribution in [3.05, 3.63) is 69.8 Å². The second-order valence-corrected chi connectivity index (χ2v) is 5.41. The van der Waals surface area contributed by atoms with Crippen LogP contribution in [0, 0.1) is 0 Å². The maximum atomic E-state index is 12.0. The van der Waals surface area contributed by atoms with Crippen LogP contribution >= 0.6 is 23.4 Å². The van der Waals surface area contributed by atoms with E-state index in [0.717, 1.165) is 4.90 Å². The SMILES string of the molecule is O=c1cc(Sc2ccccc2Cl)oc2ccccc12. The molecule has 0 saturated carbocycles. The zero-order valence-corrected chi connectivity index (χ0v) is 11.4. The third-order valence-electron chi connectivity index (χ3n) is 2.66. The molecule has 0 spiro atoms. The van der Waals surface area contributed by atoms with Gasteiger partial charge in [-0.3, -0.25) is 4.79 Å². The Bertz CT molecular complexity index is 795. The van der Waals surface area contributed by atoms with Crippen LogP contribution in [0.2, 0.25) is 5.02 Å². The molecule has 3 rings (SSSR count). The molecule has 0 fully saturated rings. The second kappa shape index (κ2) is 5.11. The predicted molar refractivity (Wildman–Crippen MR) is 78.1 cm³/mol. The third-order valence-corrected chi connectivity index (χ3v) is 4.08. The average Bonchev–Trinajstić information content (AvgIpc) is 2.42. The number of hydrogen-bond donors (Lipinski definition) is 0. The molecule has 0 radical (unpaired) electrons. The Morgan fingerprint density at radius 3 is 2.58 bits per heavy atom. The molecule has 0 aliphatic rings. The van der Waals surface area contributed by atoms with Crippen LogP contribution in [0.3, 0.4) is 0 Å². The van der Waals surface area contributed by atoms with Crippen molar-refractivity contribution in [1.29, 1.82) is 0 Å². The van der Waals surface area contributed by atoms with Gasteiger partial charge in [-0.05, 0) is 24.3 Å². The van der Waals surface area contributed by atoms with Gasteiger partial charge in [-0.2, -0.15) is 0 Å². The Labute approximate surface area is 119 Å². The maximum absolute atomic E-state index is 12.0. The lowest BCUT2D eigenvalue weighted by molar-refractivity contribution is 0.500. The van der Waals surface area contributed by atoms with Crippen molar-refractivity contribution in [2.75, 3.05) is 0 Å². The molecule has 0 bridgehead atoms. The summed E-state index contributed by atoms with van der Waals surface area (Å²) in [4.78, 5) is 12.8. The first-order valence-electron chi connectivity index (χ1n) is 5.69. The minimum Gasteiger partial charge on any atom is -0.449 e. The monoisotopic (exact) mass is 288 g/mol. The van der Waals surface area contributed by atoms with E-state index < -0.39 is 0 Å². The van der Waals surface area contributed by atoms with E-state index in [1.165, 1.54) is 17.8 Å². The Kier molecular flexibility index (Phi) is 3.32. The first kappa shape index (κ1) is 12.3. The van der Waals surface area contributed by atoms with Crippen LogP contribution in [-0.4, -0.2) is 0 Å². The van der Waals surface area contributed by atoms with Gasteiger partial charge in [-0.25, -0.2) is 0 Å². The van der Waals surface area contributed by atoms with Crippen molar-refractivity contribution in [1.82, 2.24) is 0 Å². The molecule has 1 heterocycles. The lowest BCUT2D eigenvalue weighted by Gasteiger charge is -2.04. The van der Waals surface area contributed by atoms with Crippen LogP contribution in [-0.2, 0) is 0 Å². The topological polar surface area (TPSA) is 30.2 Å². The Hall–Kier alpha value is -1.71. The van der Waals surface area contributed by atoms with Crippen molar-refractivity contribution in [2.45, 2.75) is 9.99 Å². The van der Waals surface area contributed by atoms with Crippen LogP contribution in [0.4, 0.5) is 0 Å². The molecule has 2 aromatic carbocycles. The van der Waals surface area contributed by atoms with Gasteiger partial charge in [0.1, 0.15) is 5.58 Å². The number of fused-ring (bicyclic) bond motifs is 1. The molecule has 4 heteroatoms. The van der Waals surface area contributed by atoms with Crippen LogP contribution in [0.15, 0.2) is 73.8 Å². The molecule has 2 nitrogen and oxygen atoms in total. The predicted octanol–water partition coefficient (Wildman–Crippen LogP) is 4.60. The molecule has 0 aliphatic carbocycles. The quantitative estimate of drug-likeness (QED) is 0.690. The summed E-state index contributed by atoms with van der Waals surface area (Å²) < 4.78 is 5.71. The highest BCUT2D eigenvalue weighted by Crippen LogP contribution is 2.33. The Morgan fingerprint density at radius 2 is 1.74 bits per heavy atom. The molecule has 0 atom stereocenters. The summed E-state index contributed by atoms with van der Waals surface area (Å²) >= 11 is 7.44. The van der Waals surface area contributed by atoms with E-state index in [0.29, 0.717) is 21.1 Å². The lowest BCUT2D eigenvalue weighted by atomic mass is 10.2. The summed E-state index contributed by atoms with van der Waals surface area (Å²) in [5.41, 5.74) is 0.543. The number of rotatable bonds is 2. The third kappa shape index (κ3) is 2.53. The first-order valence-corrected chi connectivity index (χ1v) is 6.89. The van der Waals surface area contributed by atoms with Gasteiger partial charge >= 0.3 is 0 Å². The van der Waals surface area contributed by atoms with Crippen molar-refractivity contribution in [3.63, 3.8) is 0 Å². The van der Waals surface area contributed by atoms with Gasteiger partial charge in [-0.1, -0.05) is 47.6 Å². The van der Waals surface area contributed by atoms with E-state index in [1.54, 1.807) is 12.1 Å². The summed E-state index contributed by atoms with van der Waals surface area (Å²) in [5.74, 6) is 0. The minimum absolute atomic E-state index is 0.0450. The van der Waals surface area contributed by atoms with E-state index in [2.05, 4.69) is 0 Å². The Morgan fingerprint density at radius 1 is 1.00 bits per heavy atom. The smallest absolute Gasteiger partial charge is 0.193 e. The molecule has 1 aromatic heterocycles. The molecular formula is C15H9ClO2S. The highest BCUT2D eigenvalue weighted by atomic mass is 35.5. The summed E-state index contributed by atoms with van der Waals surface area (Å²) in [6, 6.07) is 16.2. The fourth-order valence-corrected chi connectivity index (χ4v) is 2.85. The first-order chi connectivity index (χ1) is 9.24. The van der Waals surface area contributed by atoms with Gasteiger partial charge in [0.25, 0.3) is 0 Å². The molecule has 19 heavy (non-hydrogen) atoms. The van der Waals surface area contributed by atoms with E-state index in [9.17, 15) is 4.79 Å². The summed E-state index contributed by atoms with van der Waals surface area (Å²) in [6.45, 7) is 0. The summed E-state index contributed by atoms with van der Waals surface area (Å²) in [7, 11) is 0. The number of hydrogen-bond acceptors (Lipinski definition) is 3. The molecular weight excluding hydrogens is 280 g/mol. The van der Waals surface area contributed by atoms with Crippen LogP contribution < -0.4 is 5.43 Å². The highest BCUT2D eigenvalue weighted by molar-refractivity contribution is 7.99. The van der Waals surface area contributed by atoms with Gasteiger partial charge < -0.3 is 4.42 Å².